The number of aromatic nitrogens is 6. The summed E-state index contributed by atoms with van der Waals surface area (Å²) < 4.78 is 30.5. The molecule has 0 atom stereocenters. The molecule has 0 unspecified atom stereocenters. The van der Waals surface area contributed by atoms with Crippen molar-refractivity contribution >= 4 is 15.7 Å². The molecule has 1 aromatic carbocycles. The Balaban J connectivity index is 1.33. The summed E-state index contributed by atoms with van der Waals surface area (Å²) in [7, 11) is -1.14. The van der Waals surface area contributed by atoms with Crippen LogP contribution in [0.1, 0.15) is 11.4 Å². The van der Waals surface area contributed by atoms with E-state index in [9.17, 15) is 8.42 Å². The second-order valence-corrected chi connectivity index (χ2v) is 10.7. The highest BCUT2D eigenvalue weighted by Crippen LogP contribution is 2.22. The molecule has 1 fully saturated rings. The van der Waals surface area contributed by atoms with E-state index in [-0.39, 0.29) is 10.8 Å². The highest BCUT2D eigenvalue weighted by Gasteiger charge is 2.19. The van der Waals surface area contributed by atoms with Crippen molar-refractivity contribution < 1.29 is 12.9 Å². The predicted octanol–water partition coefficient (Wildman–Crippen LogP) is 1.90. The number of piperazine rings is 1. The Morgan fingerprint density at radius 1 is 1.00 bits per heavy atom. The summed E-state index contributed by atoms with van der Waals surface area (Å²) in [6.45, 7) is 6.36. The average Bonchev–Trinajstić information content (AvgIpc) is 3.47. The van der Waals surface area contributed by atoms with Crippen LogP contribution >= 0.6 is 0 Å². The Morgan fingerprint density at radius 2 is 1.74 bits per heavy atom. The third-order valence-corrected chi connectivity index (χ3v) is 7.11. The molecule has 11 nitrogen and oxygen atoms in total. The summed E-state index contributed by atoms with van der Waals surface area (Å²) in [6, 6.07) is 10.4. The van der Waals surface area contributed by atoms with E-state index in [2.05, 4.69) is 48.1 Å². The van der Waals surface area contributed by atoms with Gasteiger partial charge in [0.2, 0.25) is 11.6 Å². The molecule has 1 saturated heterocycles. The van der Waals surface area contributed by atoms with Gasteiger partial charge in [-0.15, -0.1) is 5.10 Å². The van der Waals surface area contributed by atoms with Crippen LogP contribution in [0.2, 0.25) is 0 Å². The fourth-order valence-electron chi connectivity index (χ4n) is 3.88. The fourth-order valence-corrected chi connectivity index (χ4v) is 4.51. The Bertz CT molecular complexity index is 1440. The first-order chi connectivity index (χ1) is 16.8. The van der Waals surface area contributed by atoms with Crippen LogP contribution in [-0.2, 0) is 16.4 Å². The lowest BCUT2D eigenvalue weighted by atomic mass is 10.2. The van der Waals surface area contributed by atoms with Crippen LogP contribution in [0.4, 0.5) is 5.82 Å². The smallest absolute Gasteiger partial charge is 0.297 e. The first kappa shape index (κ1) is 23.1. The number of benzene rings is 1. The minimum atomic E-state index is -3.27. The summed E-state index contributed by atoms with van der Waals surface area (Å²) in [5, 5.41) is 8.57. The molecule has 4 aromatic rings. The first-order valence-electron chi connectivity index (χ1n) is 11.2. The van der Waals surface area contributed by atoms with E-state index >= 15 is 0 Å². The first-order valence-corrected chi connectivity index (χ1v) is 13.1. The van der Waals surface area contributed by atoms with E-state index in [1.807, 2.05) is 19.2 Å². The summed E-state index contributed by atoms with van der Waals surface area (Å²) in [6.07, 6.45) is 2.99. The Hall–Kier alpha value is -3.64. The third kappa shape index (κ3) is 5.08. The molecular formula is C23H26N8O3S. The standard InChI is InChI=1S/C23H26N8O3S/c1-16-25-22(23-26-21(28-34-23)18-4-6-19(7-5-18)35(3,32)33)27-31(16)15-17-8-9-24-20(14-17)30-12-10-29(2)11-13-30/h4-9,14H,10-13,15H2,1-3H3. The van der Waals surface area contributed by atoms with Crippen molar-refractivity contribution in [2.45, 2.75) is 18.4 Å². The van der Waals surface area contributed by atoms with Gasteiger partial charge in [-0.25, -0.2) is 23.1 Å². The Morgan fingerprint density at radius 3 is 2.46 bits per heavy atom. The quantitative estimate of drug-likeness (QED) is 0.393. The summed E-state index contributed by atoms with van der Waals surface area (Å²) in [4.78, 5) is 18.3. The highest BCUT2D eigenvalue weighted by molar-refractivity contribution is 7.90. The van der Waals surface area contributed by atoms with E-state index in [1.54, 1.807) is 16.8 Å². The lowest BCUT2D eigenvalue weighted by Gasteiger charge is -2.33. The molecule has 1 aliphatic heterocycles. The number of rotatable bonds is 6. The molecule has 1 aliphatic rings. The van der Waals surface area contributed by atoms with Gasteiger partial charge in [0, 0.05) is 44.2 Å². The molecule has 0 radical (unpaired) electrons. The molecule has 3 aromatic heterocycles. The van der Waals surface area contributed by atoms with Gasteiger partial charge >= 0.3 is 0 Å². The van der Waals surface area contributed by atoms with Gasteiger partial charge in [-0.1, -0.05) is 5.16 Å². The molecule has 0 spiro atoms. The molecule has 35 heavy (non-hydrogen) atoms. The van der Waals surface area contributed by atoms with E-state index in [0.29, 0.717) is 23.8 Å². The minimum absolute atomic E-state index is 0.196. The van der Waals surface area contributed by atoms with Crippen LogP contribution in [0, 0.1) is 6.92 Å². The van der Waals surface area contributed by atoms with Crippen molar-refractivity contribution in [1.82, 2.24) is 34.8 Å². The SMILES string of the molecule is Cc1nc(-c2nc(-c3ccc(S(C)(=O)=O)cc3)no2)nn1Cc1ccnc(N2CCN(C)CC2)c1. The second-order valence-electron chi connectivity index (χ2n) is 8.67. The largest absolute Gasteiger partial charge is 0.354 e. The van der Waals surface area contributed by atoms with Gasteiger partial charge in [-0.2, -0.15) is 4.98 Å². The number of anilines is 1. The zero-order chi connectivity index (χ0) is 24.6. The second kappa shape index (κ2) is 9.19. The van der Waals surface area contributed by atoms with Crippen LogP contribution in [-0.4, -0.2) is 82.7 Å². The van der Waals surface area contributed by atoms with Gasteiger partial charge in [0.15, 0.2) is 9.84 Å². The van der Waals surface area contributed by atoms with E-state index in [1.165, 1.54) is 12.1 Å². The molecule has 0 amide bonds. The molecule has 5 rings (SSSR count). The normalized spacial score (nSPS) is 15.0. The van der Waals surface area contributed by atoms with Crippen molar-refractivity contribution in [2.24, 2.45) is 0 Å². The lowest BCUT2D eigenvalue weighted by Crippen LogP contribution is -2.44. The molecule has 4 heterocycles. The maximum atomic E-state index is 11.7. The van der Waals surface area contributed by atoms with E-state index in [0.717, 1.165) is 49.6 Å². The Labute approximate surface area is 203 Å². The molecular weight excluding hydrogens is 468 g/mol. The van der Waals surface area contributed by atoms with Gasteiger partial charge in [0.25, 0.3) is 5.89 Å². The number of likely N-dealkylation sites (N-methyl/N-ethyl adjacent to an activating group) is 1. The monoisotopic (exact) mass is 494 g/mol. The van der Waals surface area contributed by atoms with Gasteiger partial charge in [0.05, 0.1) is 11.4 Å². The minimum Gasteiger partial charge on any atom is -0.354 e. The molecule has 182 valence electrons. The van der Waals surface area contributed by atoms with Crippen LogP contribution in [0.3, 0.4) is 0 Å². The molecule has 12 heteroatoms. The highest BCUT2D eigenvalue weighted by atomic mass is 32.2. The number of sulfone groups is 1. The topological polar surface area (TPSA) is 123 Å². The van der Waals surface area contributed by atoms with Crippen molar-refractivity contribution in [3.8, 4) is 23.1 Å². The molecule has 0 N–H and O–H groups in total. The Kier molecular flexibility index (Phi) is 6.07. The van der Waals surface area contributed by atoms with Gasteiger partial charge in [-0.05, 0) is 55.9 Å². The molecule has 0 aliphatic carbocycles. The maximum absolute atomic E-state index is 11.7. The number of hydrogen-bond donors (Lipinski definition) is 0. The molecule has 0 bridgehead atoms. The zero-order valence-corrected chi connectivity index (χ0v) is 20.6. The van der Waals surface area contributed by atoms with E-state index < -0.39 is 9.84 Å². The number of hydrogen-bond acceptors (Lipinski definition) is 10. The van der Waals surface area contributed by atoms with Crippen molar-refractivity contribution in [3.63, 3.8) is 0 Å². The van der Waals surface area contributed by atoms with Crippen molar-refractivity contribution in [1.29, 1.82) is 0 Å². The average molecular weight is 495 g/mol. The lowest BCUT2D eigenvalue weighted by molar-refractivity contribution is 0.312. The van der Waals surface area contributed by atoms with Crippen molar-refractivity contribution in [2.75, 3.05) is 44.4 Å². The predicted molar refractivity (Wildman–Crippen MR) is 130 cm³/mol. The van der Waals surface area contributed by atoms with Gasteiger partial charge in [0.1, 0.15) is 11.6 Å². The van der Waals surface area contributed by atoms with Gasteiger partial charge in [-0.3, -0.25) is 0 Å². The number of pyridine rings is 1. The molecule has 0 saturated carbocycles. The van der Waals surface area contributed by atoms with Crippen LogP contribution in [0.25, 0.3) is 23.1 Å². The zero-order valence-electron chi connectivity index (χ0n) is 19.8. The van der Waals surface area contributed by atoms with Crippen LogP contribution < -0.4 is 4.90 Å². The third-order valence-electron chi connectivity index (χ3n) is 5.98. The summed E-state index contributed by atoms with van der Waals surface area (Å²) in [5.41, 5.74) is 1.71. The maximum Gasteiger partial charge on any atom is 0.297 e. The number of nitrogens with zero attached hydrogens (tertiary/aromatic N) is 8. The van der Waals surface area contributed by atoms with Gasteiger partial charge < -0.3 is 14.3 Å². The summed E-state index contributed by atoms with van der Waals surface area (Å²) in [5.74, 6) is 2.55. The summed E-state index contributed by atoms with van der Waals surface area (Å²) >= 11 is 0. The van der Waals surface area contributed by atoms with Crippen LogP contribution in [0.15, 0.2) is 52.0 Å². The number of aryl methyl sites for hydroxylation is 1. The van der Waals surface area contributed by atoms with Crippen molar-refractivity contribution in [3.05, 3.63) is 54.0 Å². The van der Waals surface area contributed by atoms with Crippen LogP contribution in [0.5, 0.6) is 0 Å². The fraction of sp³-hybridized carbons (Fsp3) is 0.348. The van der Waals surface area contributed by atoms with E-state index in [4.69, 9.17) is 4.52 Å².